The summed E-state index contributed by atoms with van der Waals surface area (Å²) in [4.78, 5) is 4.10. The minimum atomic E-state index is 0.648. The average Bonchev–Trinajstić information content (AvgIpc) is 2.39. The van der Waals surface area contributed by atoms with Gasteiger partial charge < -0.3 is 0 Å². The molecule has 0 saturated carbocycles. The molecule has 0 fully saturated rings. The molecule has 5 heteroatoms. The molecule has 0 aliphatic rings. The molecular weight excluding hydrogens is 298 g/mol. The number of hydrogen-bond acceptors (Lipinski definition) is 2. The maximum Gasteiger partial charge on any atom is 0.218 e. The second-order valence-electron chi connectivity index (χ2n) is 2.93. The largest absolute Gasteiger partial charge is 0.239 e. The molecule has 0 atom stereocenters. The fraction of sp³-hybridized carbons (Fsp3) is 0.750. The molecule has 1 aromatic heterocycles. The molecule has 74 valence electrons. The molecule has 0 spiro atoms. The molecule has 1 heterocycles. The lowest BCUT2D eigenvalue weighted by molar-refractivity contribution is 0.530. The van der Waals surface area contributed by atoms with Gasteiger partial charge in [0, 0.05) is 6.54 Å². The van der Waals surface area contributed by atoms with E-state index in [0.29, 0.717) is 4.73 Å². The first kappa shape index (κ1) is 11.2. The Balaban J connectivity index is 2.32. The van der Waals surface area contributed by atoms with Gasteiger partial charge in [-0.1, -0.05) is 26.2 Å². The van der Waals surface area contributed by atoms with Gasteiger partial charge in [-0.15, -0.1) is 5.10 Å². The Morgan fingerprint density at radius 3 is 2.54 bits per heavy atom. The van der Waals surface area contributed by atoms with Crippen molar-refractivity contribution in [3.63, 3.8) is 0 Å². The smallest absolute Gasteiger partial charge is 0.218 e. The van der Waals surface area contributed by atoms with E-state index in [1.807, 2.05) is 4.68 Å². The van der Waals surface area contributed by atoms with Crippen LogP contribution >= 0.6 is 31.9 Å². The molecule has 0 unspecified atom stereocenters. The Hall–Kier alpha value is 0.1000. The van der Waals surface area contributed by atoms with Crippen LogP contribution in [0.15, 0.2) is 9.47 Å². The molecule has 0 amide bonds. The molecule has 0 N–H and O–H groups in total. The van der Waals surface area contributed by atoms with Crippen molar-refractivity contribution >= 4 is 31.9 Å². The minimum Gasteiger partial charge on any atom is -0.239 e. The maximum atomic E-state index is 4.18. The summed E-state index contributed by atoms with van der Waals surface area (Å²) < 4.78 is 3.32. The van der Waals surface area contributed by atoms with Crippen LogP contribution in [-0.4, -0.2) is 14.8 Å². The maximum absolute atomic E-state index is 4.18. The summed E-state index contributed by atoms with van der Waals surface area (Å²) in [5.74, 6) is 0. The molecule has 0 saturated heterocycles. The van der Waals surface area contributed by atoms with Crippen molar-refractivity contribution in [2.45, 2.75) is 39.2 Å². The lowest BCUT2D eigenvalue weighted by Gasteiger charge is -2.00. The Kier molecular flexibility index (Phi) is 4.94. The number of nitrogens with zero attached hydrogens (tertiary/aromatic N) is 3. The number of aromatic nitrogens is 3. The van der Waals surface area contributed by atoms with Crippen molar-refractivity contribution in [2.24, 2.45) is 0 Å². The molecule has 1 rings (SSSR count). The van der Waals surface area contributed by atoms with Crippen LogP contribution in [0.3, 0.4) is 0 Å². The second kappa shape index (κ2) is 5.75. The van der Waals surface area contributed by atoms with Crippen LogP contribution in [0.5, 0.6) is 0 Å². The quantitative estimate of drug-likeness (QED) is 0.781. The highest BCUT2D eigenvalue weighted by Gasteiger charge is 2.03. The van der Waals surface area contributed by atoms with Crippen molar-refractivity contribution in [1.29, 1.82) is 0 Å². The van der Waals surface area contributed by atoms with Crippen molar-refractivity contribution < 1.29 is 0 Å². The molecule has 0 aliphatic heterocycles. The van der Waals surface area contributed by atoms with Crippen molar-refractivity contribution in [3.05, 3.63) is 9.47 Å². The molecule has 0 aromatic carbocycles. The van der Waals surface area contributed by atoms with E-state index in [1.54, 1.807) is 0 Å². The van der Waals surface area contributed by atoms with Gasteiger partial charge in [0.05, 0.1) is 0 Å². The van der Waals surface area contributed by atoms with E-state index in [4.69, 9.17) is 0 Å². The van der Waals surface area contributed by atoms with Gasteiger partial charge in [0.2, 0.25) is 4.73 Å². The van der Waals surface area contributed by atoms with Crippen LogP contribution in [0.2, 0.25) is 0 Å². The molecule has 3 nitrogen and oxygen atoms in total. The second-order valence-corrected chi connectivity index (χ2v) is 4.35. The lowest BCUT2D eigenvalue weighted by Crippen LogP contribution is -2.00. The Bertz CT molecular complexity index is 260. The Labute approximate surface area is 95.2 Å². The van der Waals surface area contributed by atoms with Crippen LogP contribution in [-0.2, 0) is 6.54 Å². The fourth-order valence-electron chi connectivity index (χ4n) is 1.13. The van der Waals surface area contributed by atoms with E-state index < -0.39 is 0 Å². The monoisotopic (exact) mass is 309 g/mol. The van der Waals surface area contributed by atoms with E-state index in [1.165, 1.54) is 25.7 Å². The van der Waals surface area contributed by atoms with E-state index in [-0.39, 0.29) is 0 Å². The molecular formula is C8H13Br2N3. The van der Waals surface area contributed by atoms with Gasteiger partial charge in [-0.25, -0.2) is 4.68 Å². The van der Waals surface area contributed by atoms with Crippen molar-refractivity contribution in [2.75, 3.05) is 0 Å². The normalized spacial score (nSPS) is 10.7. The zero-order chi connectivity index (χ0) is 9.68. The Morgan fingerprint density at radius 2 is 2.00 bits per heavy atom. The third kappa shape index (κ3) is 3.77. The molecule has 0 radical (unpaired) electrons. The first-order valence-corrected chi connectivity index (χ1v) is 6.08. The zero-order valence-electron chi connectivity index (χ0n) is 7.63. The van der Waals surface area contributed by atoms with Crippen LogP contribution < -0.4 is 0 Å². The molecule has 0 bridgehead atoms. The van der Waals surface area contributed by atoms with Crippen LogP contribution in [0.25, 0.3) is 0 Å². The van der Waals surface area contributed by atoms with Gasteiger partial charge in [0.1, 0.15) is 0 Å². The van der Waals surface area contributed by atoms with E-state index in [0.717, 1.165) is 11.3 Å². The molecule has 0 aliphatic carbocycles. The Morgan fingerprint density at radius 1 is 1.23 bits per heavy atom. The van der Waals surface area contributed by atoms with Gasteiger partial charge in [-0.2, -0.15) is 4.98 Å². The van der Waals surface area contributed by atoms with Crippen molar-refractivity contribution in [1.82, 2.24) is 14.8 Å². The van der Waals surface area contributed by atoms with Crippen molar-refractivity contribution in [3.8, 4) is 0 Å². The van der Waals surface area contributed by atoms with E-state index >= 15 is 0 Å². The third-order valence-electron chi connectivity index (χ3n) is 1.82. The summed E-state index contributed by atoms with van der Waals surface area (Å²) in [7, 11) is 0. The fourth-order valence-corrected chi connectivity index (χ4v) is 2.15. The summed E-state index contributed by atoms with van der Waals surface area (Å²) in [6, 6.07) is 0. The summed E-state index contributed by atoms with van der Waals surface area (Å²) in [6.45, 7) is 3.15. The number of halogens is 2. The number of aryl methyl sites for hydroxylation is 1. The SMILES string of the molecule is CCCCCCn1nc(Br)nc1Br. The molecule has 1 aromatic rings. The van der Waals surface area contributed by atoms with Crippen LogP contribution in [0.4, 0.5) is 0 Å². The van der Waals surface area contributed by atoms with Crippen LogP contribution in [0, 0.1) is 0 Å². The van der Waals surface area contributed by atoms with Gasteiger partial charge in [0.15, 0.2) is 4.73 Å². The minimum absolute atomic E-state index is 0.648. The summed E-state index contributed by atoms with van der Waals surface area (Å²) in [5.41, 5.74) is 0. The van der Waals surface area contributed by atoms with E-state index in [9.17, 15) is 0 Å². The van der Waals surface area contributed by atoms with E-state index in [2.05, 4.69) is 48.9 Å². The highest BCUT2D eigenvalue weighted by Crippen LogP contribution is 2.12. The number of hydrogen-bond donors (Lipinski definition) is 0. The third-order valence-corrected chi connectivity index (χ3v) is 2.75. The van der Waals surface area contributed by atoms with Gasteiger partial charge in [-0.3, -0.25) is 0 Å². The summed E-state index contributed by atoms with van der Waals surface area (Å²) >= 11 is 6.58. The number of unbranched alkanes of at least 4 members (excludes halogenated alkanes) is 3. The predicted molar refractivity (Wildman–Crippen MR) is 59.6 cm³/mol. The highest BCUT2D eigenvalue weighted by atomic mass is 79.9. The standard InChI is InChI=1S/C8H13Br2N3/c1-2-3-4-5-6-13-8(10)11-7(9)12-13/h2-6H2,1H3. The average molecular weight is 311 g/mol. The van der Waals surface area contributed by atoms with Gasteiger partial charge in [-0.05, 0) is 38.3 Å². The summed E-state index contributed by atoms with van der Waals surface area (Å²) in [5, 5.41) is 4.18. The van der Waals surface area contributed by atoms with Gasteiger partial charge in [0.25, 0.3) is 0 Å². The van der Waals surface area contributed by atoms with Crippen LogP contribution in [0.1, 0.15) is 32.6 Å². The lowest BCUT2D eigenvalue weighted by atomic mass is 10.2. The first-order chi connectivity index (χ1) is 6.24. The predicted octanol–water partition coefficient (Wildman–Crippen LogP) is 3.38. The summed E-state index contributed by atoms with van der Waals surface area (Å²) in [6.07, 6.45) is 5.00. The molecule has 13 heavy (non-hydrogen) atoms. The first-order valence-electron chi connectivity index (χ1n) is 4.50. The van der Waals surface area contributed by atoms with Gasteiger partial charge >= 0.3 is 0 Å². The zero-order valence-corrected chi connectivity index (χ0v) is 10.8. The number of rotatable bonds is 5. The highest BCUT2D eigenvalue weighted by molar-refractivity contribution is 9.11. The topological polar surface area (TPSA) is 30.7 Å².